The summed E-state index contributed by atoms with van der Waals surface area (Å²) < 4.78 is 9.77. The minimum absolute atomic E-state index is 0.00458. The van der Waals surface area contributed by atoms with E-state index in [1.807, 2.05) is 24.3 Å². The van der Waals surface area contributed by atoms with E-state index in [9.17, 15) is 19.8 Å². The Morgan fingerprint density at radius 1 is 0.800 bits per heavy atom. The highest BCUT2D eigenvalue weighted by Gasteiger charge is 2.41. The largest absolute Gasteiger partial charge is 0.508 e. The summed E-state index contributed by atoms with van der Waals surface area (Å²) in [5.41, 5.74) is 2.08. The third kappa shape index (κ3) is 4.75. The van der Waals surface area contributed by atoms with E-state index in [4.69, 9.17) is 9.47 Å². The van der Waals surface area contributed by atoms with Gasteiger partial charge < -0.3 is 19.7 Å². The Morgan fingerprint density at radius 2 is 1.23 bits per heavy atom. The molecular weight excluding hydrogens is 384 g/mol. The zero-order valence-corrected chi connectivity index (χ0v) is 17.3. The lowest BCUT2D eigenvalue weighted by atomic mass is 9.67. The average Bonchev–Trinajstić information content (AvgIpc) is 2.76. The van der Waals surface area contributed by atoms with Crippen molar-refractivity contribution in [1.29, 1.82) is 0 Å². The maximum Gasteiger partial charge on any atom is 0.320 e. The summed E-state index contributed by atoms with van der Waals surface area (Å²) in [5.74, 6) is -1.64. The number of carbonyl (C=O) groups is 2. The van der Waals surface area contributed by atoms with Gasteiger partial charge in [0.2, 0.25) is 0 Å². The Bertz CT molecular complexity index is 797. The van der Waals surface area contributed by atoms with Crippen LogP contribution in [0.3, 0.4) is 0 Å². The van der Waals surface area contributed by atoms with Crippen molar-refractivity contribution in [3.8, 4) is 11.5 Å². The molecule has 0 aliphatic heterocycles. The Balaban J connectivity index is 1.94. The predicted octanol–water partition coefficient (Wildman–Crippen LogP) is 4.00. The highest BCUT2D eigenvalue weighted by atomic mass is 16.5. The standard InChI is InChI=1S/C24H28O6/c1-29-23(27)22(24(28)30-2)18-5-3-4-17(14-18)21(15-6-10-19(25)11-7-15)16-8-12-20(26)13-9-16/h6-13,17-18,21-22,25-26H,3-5,14H2,1-2H3/t17?,18-/m0/s1. The van der Waals surface area contributed by atoms with Crippen molar-refractivity contribution in [3.63, 3.8) is 0 Å². The van der Waals surface area contributed by atoms with Crippen molar-refractivity contribution in [2.75, 3.05) is 14.2 Å². The van der Waals surface area contributed by atoms with Crippen LogP contribution >= 0.6 is 0 Å². The Morgan fingerprint density at radius 3 is 1.67 bits per heavy atom. The number of phenols is 2. The second kappa shape index (κ2) is 9.65. The van der Waals surface area contributed by atoms with E-state index in [0.29, 0.717) is 6.42 Å². The van der Waals surface area contributed by atoms with Crippen LogP contribution in [0.2, 0.25) is 0 Å². The molecule has 2 aromatic rings. The fourth-order valence-electron chi connectivity index (χ4n) is 4.71. The maximum absolute atomic E-state index is 12.3. The molecule has 3 rings (SSSR count). The molecule has 1 aliphatic carbocycles. The van der Waals surface area contributed by atoms with Crippen molar-refractivity contribution >= 4 is 11.9 Å². The second-order valence-corrected chi connectivity index (χ2v) is 7.87. The number of benzene rings is 2. The molecule has 2 atom stereocenters. The molecular formula is C24H28O6. The molecule has 0 bridgehead atoms. The number of esters is 2. The quantitative estimate of drug-likeness (QED) is 0.550. The Labute approximate surface area is 176 Å². The molecule has 0 radical (unpaired) electrons. The van der Waals surface area contributed by atoms with Crippen molar-refractivity contribution in [3.05, 3.63) is 59.7 Å². The lowest BCUT2D eigenvalue weighted by molar-refractivity contribution is -0.162. The average molecular weight is 412 g/mol. The zero-order valence-electron chi connectivity index (χ0n) is 17.3. The van der Waals surface area contributed by atoms with Crippen molar-refractivity contribution in [2.24, 2.45) is 17.8 Å². The van der Waals surface area contributed by atoms with Crippen molar-refractivity contribution in [2.45, 2.75) is 31.6 Å². The van der Waals surface area contributed by atoms with Gasteiger partial charge in [-0.1, -0.05) is 30.7 Å². The van der Waals surface area contributed by atoms with Crippen LogP contribution in [0.25, 0.3) is 0 Å². The number of rotatable bonds is 6. The molecule has 0 amide bonds. The summed E-state index contributed by atoms with van der Waals surface area (Å²) in [5, 5.41) is 19.4. The van der Waals surface area contributed by atoms with Crippen molar-refractivity contribution < 1.29 is 29.3 Å². The molecule has 0 heterocycles. The van der Waals surface area contributed by atoms with Gasteiger partial charge in [-0.3, -0.25) is 9.59 Å². The summed E-state index contributed by atoms with van der Waals surface area (Å²) in [4.78, 5) is 24.6. The summed E-state index contributed by atoms with van der Waals surface area (Å²) >= 11 is 0. The summed E-state index contributed by atoms with van der Waals surface area (Å²) in [6.07, 6.45) is 3.25. The first kappa shape index (κ1) is 21.7. The predicted molar refractivity (Wildman–Crippen MR) is 111 cm³/mol. The van der Waals surface area contributed by atoms with Crippen LogP contribution in [-0.4, -0.2) is 36.4 Å². The number of aromatic hydroxyl groups is 2. The molecule has 1 aliphatic rings. The van der Waals surface area contributed by atoms with E-state index in [2.05, 4.69) is 0 Å². The fraction of sp³-hybridized carbons (Fsp3) is 0.417. The molecule has 30 heavy (non-hydrogen) atoms. The van der Waals surface area contributed by atoms with Crippen LogP contribution in [0.5, 0.6) is 11.5 Å². The number of hydrogen-bond donors (Lipinski definition) is 2. The molecule has 2 N–H and O–H groups in total. The number of hydrogen-bond acceptors (Lipinski definition) is 6. The SMILES string of the molecule is COC(=O)C(C(=O)OC)[C@H]1CCCC(C(c2ccc(O)cc2)c2ccc(O)cc2)C1. The van der Waals surface area contributed by atoms with Crippen LogP contribution in [0, 0.1) is 17.8 Å². The number of carbonyl (C=O) groups excluding carboxylic acids is 2. The highest BCUT2D eigenvalue weighted by molar-refractivity contribution is 5.95. The van der Waals surface area contributed by atoms with E-state index in [-0.39, 0.29) is 29.3 Å². The molecule has 0 spiro atoms. The molecule has 0 aromatic heterocycles. The minimum atomic E-state index is -0.928. The maximum atomic E-state index is 12.3. The smallest absolute Gasteiger partial charge is 0.320 e. The van der Waals surface area contributed by atoms with E-state index in [0.717, 1.165) is 30.4 Å². The van der Waals surface area contributed by atoms with Gasteiger partial charge in [0.15, 0.2) is 5.92 Å². The van der Waals surface area contributed by atoms with Crippen LogP contribution in [0.4, 0.5) is 0 Å². The van der Waals surface area contributed by atoms with Crippen LogP contribution < -0.4 is 0 Å². The highest BCUT2D eigenvalue weighted by Crippen LogP contribution is 2.45. The van der Waals surface area contributed by atoms with Gasteiger partial charge in [0.1, 0.15) is 11.5 Å². The number of methoxy groups -OCH3 is 2. The third-order valence-corrected chi connectivity index (χ3v) is 6.11. The first-order valence-corrected chi connectivity index (χ1v) is 10.2. The Hall–Kier alpha value is -3.02. The molecule has 6 heteroatoms. The molecule has 1 unspecified atom stereocenters. The van der Waals surface area contributed by atoms with Gasteiger partial charge in [-0.25, -0.2) is 0 Å². The van der Waals surface area contributed by atoms with Crippen LogP contribution in [0.1, 0.15) is 42.7 Å². The zero-order chi connectivity index (χ0) is 21.7. The van der Waals surface area contributed by atoms with Gasteiger partial charge in [0.25, 0.3) is 0 Å². The molecule has 1 saturated carbocycles. The van der Waals surface area contributed by atoms with E-state index in [1.165, 1.54) is 14.2 Å². The van der Waals surface area contributed by atoms with Gasteiger partial charge >= 0.3 is 11.9 Å². The second-order valence-electron chi connectivity index (χ2n) is 7.87. The van der Waals surface area contributed by atoms with Gasteiger partial charge in [-0.05, 0) is 66.5 Å². The van der Waals surface area contributed by atoms with Crippen molar-refractivity contribution in [1.82, 2.24) is 0 Å². The van der Waals surface area contributed by atoms with E-state index < -0.39 is 17.9 Å². The summed E-state index contributed by atoms with van der Waals surface area (Å²) in [6, 6.07) is 14.2. The fourth-order valence-corrected chi connectivity index (χ4v) is 4.71. The lowest BCUT2D eigenvalue weighted by Gasteiger charge is -2.37. The van der Waals surface area contributed by atoms with E-state index in [1.54, 1.807) is 24.3 Å². The third-order valence-electron chi connectivity index (χ3n) is 6.11. The van der Waals surface area contributed by atoms with Crippen LogP contribution in [0.15, 0.2) is 48.5 Å². The molecule has 1 fully saturated rings. The molecule has 0 saturated heterocycles. The normalized spacial score (nSPS) is 18.9. The molecule has 6 nitrogen and oxygen atoms in total. The van der Waals surface area contributed by atoms with E-state index >= 15 is 0 Å². The molecule has 2 aromatic carbocycles. The van der Waals surface area contributed by atoms with Gasteiger partial charge in [0.05, 0.1) is 14.2 Å². The Kier molecular flexibility index (Phi) is 6.98. The number of phenolic OH excluding ortho intramolecular Hbond substituents is 2. The first-order valence-electron chi connectivity index (χ1n) is 10.2. The topological polar surface area (TPSA) is 93.1 Å². The minimum Gasteiger partial charge on any atom is -0.508 e. The van der Waals surface area contributed by atoms with Crippen LogP contribution in [-0.2, 0) is 19.1 Å². The molecule has 160 valence electrons. The monoisotopic (exact) mass is 412 g/mol. The summed E-state index contributed by atoms with van der Waals surface area (Å²) in [7, 11) is 2.57. The lowest BCUT2D eigenvalue weighted by Crippen LogP contribution is -2.37. The summed E-state index contributed by atoms with van der Waals surface area (Å²) in [6.45, 7) is 0. The van der Waals surface area contributed by atoms with Gasteiger partial charge in [0, 0.05) is 5.92 Å². The van der Waals surface area contributed by atoms with Gasteiger partial charge in [-0.2, -0.15) is 0 Å². The van der Waals surface area contributed by atoms with Gasteiger partial charge in [-0.15, -0.1) is 0 Å². The number of ether oxygens (including phenoxy) is 2. The first-order chi connectivity index (χ1) is 14.4.